The molecule has 0 aromatic heterocycles. The summed E-state index contributed by atoms with van der Waals surface area (Å²) in [5.41, 5.74) is 3.20. The fourth-order valence-corrected chi connectivity index (χ4v) is 2.97. The van der Waals surface area contributed by atoms with Gasteiger partial charge < -0.3 is 0 Å². The van der Waals surface area contributed by atoms with Crippen LogP contribution in [0.2, 0.25) is 0 Å². The van der Waals surface area contributed by atoms with Crippen molar-refractivity contribution in [2.45, 2.75) is 6.92 Å². The van der Waals surface area contributed by atoms with E-state index in [9.17, 15) is 9.18 Å². The highest BCUT2D eigenvalue weighted by Gasteiger charge is 2.32. The van der Waals surface area contributed by atoms with Crippen molar-refractivity contribution in [1.82, 2.24) is 0 Å². The number of anilines is 1. The lowest BCUT2D eigenvalue weighted by Gasteiger charge is -2.18. The van der Waals surface area contributed by atoms with Crippen molar-refractivity contribution < 1.29 is 9.18 Å². The zero-order valence-electron chi connectivity index (χ0n) is 14.8. The van der Waals surface area contributed by atoms with Crippen molar-refractivity contribution in [1.29, 1.82) is 0 Å². The number of benzene rings is 3. The molecular weight excluding hydrogens is 339 g/mol. The van der Waals surface area contributed by atoms with Crippen LogP contribution < -0.4 is 4.90 Å². The van der Waals surface area contributed by atoms with E-state index in [4.69, 9.17) is 0 Å². The van der Waals surface area contributed by atoms with Crippen molar-refractivity contribution in [3.05, 3.63) is 107 Å². The van der Waals surface area contributed by atoms with Crippen molar-refractivity contribution in [2.24, 2.45) is 4.99 Å². The maximum Gasteiger partial charge on any atom is 0.282 e. The van der Waals surface area contributed by atoms with Crippen LogP contribution in [0, 0.1) is 12.7 Å². The lowest BCUT2D eigenvalue weighted by atomic mass is 10.1. The van der Waals surface area contributed by atoms with Crippen molar-refractivity contribution in [2.75, 3.05) is 4.90 Å². The average Bonchev–Trinajstić information content (AvgIpc) is 3.01. The summed E-state index contributed by atoms with van der Waals surface area (Å²) in [5.74, 6) is -0.129. The number of rotatable bonds is 3. The molecule has 1 aliphatic rings. The van der Waals surface area contributed by atoms with Crippen LogP contribution in [-0.4, -0.2) is 11.7 Å². The Hall–Kier alpha value is -3.53. The molecule has 0 saturated carbocycles. The Bertz CT molecular complexity index is 1050. The summed E-state index contributed by atoms with van der Waals surface area (Å²) in [5, 5.41) is 0. The minimum atomic E-state index is -0.386. The van der Waals surface area contributed by atoms with Crippen molar-refractivity contribution >= 4 is 23.5 Å². The van der Waals surface area contributed by atoms with Gasteiger partial charge in [0.05, 0.1) is 5.69 Å². The van der Waals surface area contributed by atoms with Crippen LogP contribution >= 0.6 is 0 Å². The molecule has 0 unspecified atom stereocenters. The molecule has 27 heavy (non-hydrogen) atoms. The molecule has 1 aliphatic heterocycles. The van der Waals surface area contributed by atoms with Gasteiger partial charge in [0.25, 0.3) is 5.91 Å². The van der Waals surface area contributed by atoms with Crippen LogP contribution in [0.15, 0.2) is 89.6 Å². The number of aryl methyl sites for hydroxylation is 1. The maximum absolute atomic E-state index is 14.0. The summed E-state index contributed by atoms with van der Waals surface area (Å²) in [6, 6.07) is 23.5. The van der Waals surface area contributed by atoms with E-state index < -0.39 is 0 Å². The molecule has 1 amide bonds. The smallest absolute Gasteiger partial charge is 0.266 e. The van der Waals surface area contributed by atoms with Crippen molar-refractivity contribution in [3.8, 4) is 0 Å². The standard InChI is InChI=1S/C23H17FN2O/c1-16-11-13-19(14-12-16)26-22(17-7-3-2-4-8-17)25-21(23(26)27)15-18-9-5-6-10-20(18)24/h2-15H,1H3/b21-15+. The summed E-state index contributed by atoms with van der Waals surface area (Å²) in [4.78, 5) is 19.2. The fourth-order valence-electron chi connectivity index (χ4n) is 2.97. The average molecular weight is 356 g/mol. The Kier molecular flexibility index (Phi) is 4.38. The van der Waals surface area contributed by atoms with E-state index in [0.717, 1.165) is 16.8 Å². The van der Waals surface area contributed by atoms with Crippen molar-refractivity contribution in [3.63, 3.8) is 0 Å². The van der Waals surface area contributed by atoms with Crippen LogP contribution in [0.3, 0.4) is 0 Å². The number of carbonyl (C=O) groups is 1. The second kappa shape index (κ2) is 7.00. The Morgan fingerprint density at radius 1 is 0.889 bits per heavy atom. The molecule has 3 aromatic rings. The minimum Gasteiger partial charge on any atom is -0.266 e. The third-order valence-electron chi connectivity index (χ3n) is 4.38. The molecular formula is C23H17FN2O. The Morgan fingerprint density at radius 2 is 1.56 bits per heavy atom. The molecule has 0 fully saturated rings. The maximum atomic E-state index is 14.0. The summed E-state index contributed by atoms with van der Waals surface area (Å²) in [6.07, 6.45) is 1.49. The third-order valence-corrected chi connectivity index (χ3v) is 4.38. The molecule has 0 atom stereocenters. The summed E-state index contributed by atoms with van der Waals surface area (Å²) >= 11 is 0. The zero-order chi connectivity index (χ0) is 18.8. The molecule has 4 rings (SSSR count). The Balaban J connectivity index is 1.84. The van der Waals surface area contributed by atoms with Crippen LogP contribution in [0.4, 0.5) is 10.1 Å². The summed E-state index contributed by atoms with van der Waals surface area (Å²) in [7, 11) is 0. The van der Waals surface area contributed by atoms with Gasteiger partial charge in [0.2, 0.25) is 0 Å². The minimum absolute atomic E-state index is 0.208. The lowest BCUT2D eigenvalue weighted by Crippen LogP contribution is -2.32. The first-order chi connectivity index (χ1) is 13.1. The lowest BCUT2D eigenvalue weighted by molar-refractivity contribution is -0.113. The molecule has 0 radical (unpaired) electrons. The van der Waals surface area contributed by atoms with E-state index in [0.29, 0.717) is 11.4 Å². The molecule has 3 nitrogen and oxygen atoms in total. The van der Waals surface area contributed by atoms with E-state index in [2.05, 4.69) is 4.99 Å². The van der Waals surface area contributed by atoms with Gasteiger partial charge >= 0.3 is 0 Å². The van der Waals surface area contributed by atoms with Gasteiger partial charge in [-0.3, -0.25) is 9.69 Å². The first-order valence-electron chi connectivity index (χ1n) is 8.65. The van der Waals surface area contributed by atoms with E-state index >= 15 is 0 Å². The van der Waals surface area contributed by atoms with Gasteiger partial charge in [-0.25, -0.2) is 9.38 Å². The highest BCUT2D eigenvalue weighted by Crippen LogP contribution is 2.28. The normalized spacial score (nSPS) is 15.3. The van der Waals surface area contributed by atoms with Gasteiger partial charge in [-0.05, 0) is 31.2 Å². The fraction of sp³-hybridized carbons (Fsp3) is 0.0435. The number of aliphatic imine (C=N–C) groups is 1. The second-order valence-electron chi connectivity index (χ2n) is 6.33. The van der Waals surface area contributed by atoms with Gasteiger partial charge in [-0.15, -0.1) is 0 Å². The first-order valence-corrected chi connectivity index (χ1v) is 8.65. The Labute approximate surface area is 157 Å². The quantitative estimate of drug-likeness (QED) is 0.610. The monoisotopic (exact) mass is 356 g/mol. The Morgan fingerprint density at radius 3 is 2.26 bits per heavy atom. The van der Waals surface area contributed by atoms with E-state index in [1.54, 1.807) is 23.1 Å². The largest absolute Gasteiger partial charge is 0.282 e. The highest BCUT2D eigenvalue weighted by atomic mass is 19.1. The van der Waals surface area contributed by atoms with Gasteiger partial charge in [0.1, 0.15) is 17.3 Å². The SMILES string of the molecule is Cc1ccc(N2C(=O)/C(=C\c3ccccc3F)N=C2c2ccccc2)cc1. The van der Waals surface area contributed by atoms with Crippen LogP contribution in [0.5, 0.6) is 0 Å². The number of hydrogen-bond donors (Lipinski definition) is 0. The van der Waals surface area contributed by atoms with E-state index in [1.807, 2.05) is 61.5 Å². The van der Waals surface area contributed by atoms with E-state index in [-0.39, 0.29) is 17.4 Å². The third kappa shape index (κ3) is 3.29. The van der Waals surface area contributed by atoms with Crippen LogP contribution in [0.25, 0.3) is 6.08 Å². The number of carbonyl (C=O) groups excluding carboxylic acids is 1. The predicted octanol–water partition coefficient (Wildman–Crippen LogP) is 4.97. The van der Waals surface area contributed by atoms with Gasteiger partial charge in [0.15, 0.2) is 0 Å². The highest BCUT2D eigenvalue weighted by molar-refractivity contribution is 6.33. The first kappa shape index (κ1) is 16.9. The molecule has 0 N–H and O–H groups in total. The molecule has 4 heteroatoms. The van der Waals surface area contributed by atoms with E-state index in [1.165, 1.54) is 12.1 Å². The summed E-state index contributed by atoms with van der Waals surface area (Å²) < 4.78 is 14.0. The predicted molar refractivity (Wildman–Crippen MR) is 106 cm³/mol. The number of hydrogen-bond acceptors (Lipinski definition) is 2. The van der Waals surface area contributed by atoms with Gasteiger partial charge in [0, 0.05) is 11.1 Å². The van der Waals surface area contributed by atoms with Gasteiger partial charge in [-0.1, -0.05) is 66.2 Å². The number of halogens is 1. The second-order valence-corrected chi connectivity index (χ2v) is 6.33. The summed E-state index contributed by atoms with van der Waals surface area (Å²) in [6.45, 7) is 1.99. The number of nitrogens with zero attached hydrogens (tertiary/aromatic N) is 2. The van der Waals surface area contributed by atoms with Crippen LogP contribution in [-0.2, 0) is 4.79 Å². The number of amidine groups is 1. The molecule has 0 bridgehead atoms. The number of amides is 1. The molecule has 132 valence electrons. The van der Waals surface area contributed by atoms with Gasteiger partial charge in [-0.2, -0.15) is 0 Å². The molecule has 3 aromatic carbocycles. The topological polar surface area (TPSA) is 32.7 Å². The molecule has 0 saturated heterocycles. The molecule has 0 aliphatic carbocycles. The zero-order valence-corrected chi connectivity index (χ0v) is 14.8. The molecule has 1 heterocycles. The molecule has 0 spiro atoms. The van der Waals surface area contributed by atoms with Crippen LogP contribution in [0.1, 0.15) is 16.7 Å².